The number of ether oxygens (including phenoxy) is 1. The molecule has 0 spiro atoms. The molecule has 0 atom stereocenters. The number of likely N-dealkylation sites (N-methyl/N-ethyl adjacent to an activating group) is 1. The van der Waals surface area contributed by atoms with E-state index in [2.05, 4.69) is 23.8 Å². The molecule has 4 heteroatoms. The number of amides is 1. The van der Waals surface area contributed by atoms with E-state index < -0.39 is 0 Å². The number of nitrogens with zero attached hydrogens (tertiary/aromatic N) is 1. The van der Waals surface area contributed by atoms with Crippen LogP contribution in [0.2, 0.25) is 0 Å². The summed E-state index contributed by atoms with van der Waals surface area (Å²) in [5.41, 5.74) is 1.36. The van der Waals surface area contributed by atoms with Crippen LogP contribution in [0.1, 0.15) is 155 Å². The normalized spacial score (nSPS) is 11.8. The van der Waals surface area contributed by atoms with E-state index in [4.69, 9.17) is 0 Å². The van der Waals surface area contributed by atoms with Gasteiger partial charge in [-0.1, -0.05) is 108 Å². The summed E-state index contributed by atoms with van der Waals surface area (Å²) in [5.74, 6) is 0.0539. The number of esters is 1. The Hall–Kier alpha value is -1.58. The van der Waals surface area contributed by atoms with Gasteiger partial charge in [-0.15, -0.1) is 0 Å². The van der Waals surface area contributed by atoms with Crippen LogP contribution in [0.3, 0.4) is 0 Å². The Morgan fingerprint density at radius 1 is 0.595 bits per heavy atom. The molecule has 0 fully saturated rings. The molecular weight excluding hydrogens is 458 g/mol. The van der Waals surface area contributed by atoms with Gasteiger partial charge in [-0.05, 0) is 57.8 Å². The minimum Gasteiger partial charge on any atom is -0.469 e. The predicted octanol–water partition coefficient (Wildman–Crippen LogP) is 9.72. The third-order valence-electron chi connectivity index (χ3n) is 7.13. The predicted molar refractivity (Wildman–Crippen MR) is 160 cm³/mol. The van der Waals surface area contributed by atoms with Crippen LogP contribution in [0.4, 0.5) is 0 Å². The maximum absolute atomic E-state index is 12.2. The molecule has 0 saturated carbocycles. The van der Waals surface area contributed by atoms with Gasteiger partial charge < -0.3 is 9.64 Å². The molecule has 1 amide bonds. The maximum atomic E-state index is 12.2. The zero-order valence-electron chi connectivity index (χ0n) is 25.2. The van der Waals surface area contributed by atoms with E-state index in [1.165, 1.54) is 128 Å². The first-order valence-electron chi connectivity index (χ1n) is 15.6. The highest BCUT2D eigenvalue weighted by atomic mass is 16.5. The largest absolute Gasteiger partial charge is 0.469 e. The summed E-state index contributed by atoms with van der Waals surface area (Å²) in [7, 11) is 5.15. The number of unbranched alkanes of at least 4 members (excludes halogenated alkanes) is 17. The minimum absolute atomic E-state index is 0.0865. The Morgan fingerprint density at radius 2 is 1.00 bits per heavy atom. The van der Waals surface area contributed by atoms with Crippen molar-refractivity contribution in [1.82, 2.24) is 4.90 Å². The molecule has 37 heavy (non-hydrogen) atoms. The number of methoxy groups -OCH3 is 1. The molecule has 0 aromatic heterocycles. The number of carbonyl (C=O) groups is 2. The Balaban J connectivity index is 3.74. The fraction of sp³-hybridized carbons (Fsp3) is 0.818. The minimum atomic E-state index is -0.0865. The van der Waals surface area contributed by atoms with Crippen molar-refractivity contribution in [2.75, 3.05) is 21.2 Å². The van der Waals surface area contributed by atoms with Gasteiger partial charge in [0, 0.05) is 26.6 Å². The summed E-state index contributed by atoms with van der Waals surface area (Å²) in [4.78, 5) is 24.9. The summed E-state index contributed by atoms with van der Waals surface area (Å²) in [6, 6.07) is 0. The smallest absolute Gasteiger partial charge is 0.305 e. The molecule has 0 aliphatic carbocycles. The molecule has 0 aliphatic heterocycles. The highest BCUT2D eigenvalue weighted by Crippen LogP contribution is 2.19. The summed E-state index contributed by atoms with van der Waals surface area (Å²) in [6.45, 7) is 2.27. The third-order valence-corrected chi connectivity index (χ3v) is 7.13. The molecule has 0 rings (SSSR count). The topological polar surface area (TPSA) is 46.6 Å². The third kappa shape index (κ3) is 25.8. The van der Waals surface area contributed by atoms with E-state index >= 15 is 0 Å². The molecule has 0 saturated heterocycles. The van der Waals surface area contributed by atoms with E-state index in [9.17, 15) is 9.59 Å². The van der Waals surface area contributed by atoms with E-state index in [1.807, 2.05) is 20.2 Å². The second-order valence-corrected chi connectivity index (χ2v) is 10.9. The van der Waals surface area contributed by atoms with Gasteiger partial charge in [-0.3, -0.25) is 9.59 Å². The van der Waals surface area contributed by atoms with Gasteiger partial charge in [0.15, 0.2) is 0 Å². The van der Waals surface area contributed by atoms with Gasteiger partial charge in [0.05, 0.1) is 7.11 Å². The van der Waals surface area contributed by atoms with Crippen LogP contribution in [0, 0.1) is 0 Å². The lowest BCUT2D eigenvalue weighted by Gasteiger charge is -2.11. The van der Waals surface area contributed by atoms with Crippen LogP contribution in [0.5, 0.6) is 0 Å². The highest BCUT2D eigenvalue weighted by Gasteiger charge is 2.05. The molecule has 0 aromatic carbocycles. The molecule has 0 aliphatic rings. The summed E-state index contributed by atoms with van der Waals surface area (Å²) in [5, 5.41) is 0. The van der Waals surface area contributed by atoms with Crippen molar-refractivity contribution in [3.63, 3.8) is 0 Å². The first-order valence-corrected chi connectivity index (χ1v) is 15.6. The standard InChI is InChI=1S/C33H61NO3/c1-5-6-7-8-18-21-24-27-31(30-32(35)34(2)3)28-25-22-19-16-14-12-10-9-11-13-15-17-20-23-26-29-33(36)37-4/h9,11,30H,5-8,10,12-29H2,1-4H3/b11-9-,31-30+. The number of allylic oxidation sites excluding steroid dienone is 3. The summed E-state index contributed by atoms with van der Waals surface area (Å²) < 4.78 is 4.66. The van der Waals surface area contributed by atoms with Crippen LogP contribution in [0.25, 0.3) is 0 Å². The lowest BCUT2D eigenvalue weighted by atomic mass is 9.98. The van der Waals surface area contributed by atoms with Crippen LogP contribution >= 0.6 is 0 Å². The Morgan fingerprint density at radius 3 is 1.43 bits per heavy atom. The van der Waals surface area contributed by atoms with Crippen molar-refractivity contribution in [2.45, 2.75) is 155 Å². The monoisotopic (exact) mass is 519 g/mol. The zero-order chi connectivity index (χ0) is 27.4. The molecule has 0 radical (unpaired) electrons. The van der Waals surface area contributed by atoms with Crippen molar-refractivity contribution < 1.29 is 14.3 Å². The average Bonchev–Trinajstić information content (AvgIpc) is 2.89. The van der Waals surface area contributed by atoms with Gasteiger partial charge in [0.1, 0.15) is 0 Å². The van der Waals surface area contributed by atoms with Crippen molar-refractivity contribution in [2.24, 2.45) is 0 Å². The SMILES string of the molecule is CCCCCCCCC/C(=C\C(=O)N(C)C)CCCCCCCC/C=C\CCCCCCCC(=O)OC. The van der Waals surface area contributed by atoms with Crippen LogP contribution in [-0.2, 0) is 14.3 Å². The summed E-state index contributed by atoms with van der Waals surface area (Å²) >= 11 is 0. The number of rotatable bonds is 26. The number of carbonyl (C=O) groups excluding carboxylic acids is 2. The first-order chi connectivity index (χ1) is 18.0. The second kappa shape index (κ2) is 27.5. The van der Waals surface area contributed by atoms with Crippen molar-refractivity contribution in [1.29, 1.82) is 0 Å². The quantitative estimate of drug-likeness (QED) is 0.0494. The molecule has 0 heterocycles. The van der Waals surface area contributed by atoms with Crippen molar-refractivity contribution in [3.05, 3.63) is 23.8 Å². The maximum Gasteiger partial charge on any atom is 0.305 e. The number of hydrogen-bond donors (Lipinski definition) is 0. The fourth-order valence-electron chi connectivity index (χ4n) is 4.60. The molecule has 216 valence electrons. The molecule has 4 nitrogen and oxygen atoms in total. The Labute approximate surface area is 230 Å². The van der Waals surface area contributed by atoms with E-state index in [0.29, 0.717) is 6.42 Å². The van der Waals surface area contributed by atoms with Gasteiger partial charge in [-0.25, -0.2) is 0 Å². The Bertz CT molecular complexity index is 594. The molecule has 0 aromatic rings. The van der Waals surface area contributed by atoms with Crippen LogP contribution in [0.15, 0.2) is 23.8 Å². The van der Waals surface area contributed by atoms with Gasteiger partial charge in [0.2, 0.25) is 5.91 Å². The summed E-state index contributed by atoms with van der Waals surface area (Å²) in [6.07, 6.45) is 34.6. The lowest BCUT2D eigenvalue weighted by molar-refractivity contribution is -0.140. The second-order valence-electron chi connectivity index (χ2n) is 10.9. The van der Waals surface area contributed by atoms with E-state index in [1.54, 1.807) is 4.90 Å². The van der Waals surface area contributed by atoms with Gasteiger partial charge >= 0.3 is 5.97 Å². The zero-order valence-corrected chi connectivity index (χ0v) is 25.2. The molecule has 0 N–H and O–H groups in total. The highest BCUT2D eigenvalue weighted by molar-refractivity contribution is 5.87. The van der Waals surface area contributed by atoms with Crippen molar-refractivity contribution in [3.8, 4) is 0 Å². The number of hydrogen-bond acceptors (Lipinski definition) is 3. The fourth-order valence-corrected chi connectivity index (χ4v) is 4.60. The average molecular weight is 520 g/mol. The molecule has 0 bridgehead atoms. The van der Waals surface area contributed by atoms with E-state index in [0.717, 1.165) is 25.7 Å². The molecular formula is C33H61NO3. The van der Waals surface area contributed by atoms with Crippen LogP contribution in [-0.4, -0.2) is 38.0 Å². The lowest BCUT2D eigenvalue weighted by Crippen LogP contribution is -2.19. The van der Waals surface area contributed by atoms with E-state index in [-0.39, 0.29) is 11.9 Å². The van der Waals surface area contributed by atoms with Crippen LogP contribution < -0.4 is 0 Å². The Kier molecular flexibility index (Phi) is 26.3. The first kappa shape index (κ1) is 35.4. The van der Waals surface area contributed by atoms with Gasteiger partial charge in [0.25, 0.3) is 0 Å². The van der Waals surface area contributed by atoms with Gasteiger partial charge in [-0.2, -0.15) is 0 Å². The van der Waals surface area contributed by atoms with Crippen molar-refractivity contribution >= 4 is 11.9 Å². The molecule has 0 unspecified atom stereocenters.